The van der Waals surface area contributed by atoms with E-state index in [1.54, 1.807) is 4.90 Å². The Hall–Kier alpha value is -1.33. The molecule has 1 aliphatic rings. The van der Waals surface area contributed by atoms with Gasteiger partial charge in [-0.05, 0) is 31.2 Å². The predicted octanol–water partition coefficient (Wildman–Crippen LogP) is 4.16. The van der Waals surface area contributed by atoms with E-state index in [0.717, 1.165) is 19.3 Å². The first-order chi connectivity index (χ1) is 9.93. The van der Waals surface area contributed by atoms with Crippen molar-refractivity contribution in [3.8, 4) is 0 Å². The van der Waals surface area contributed by atoms with Gasteiger partial charge in [0.15, 0.2) is 0 Å². The third-order valence-electron chi connectivity index (χ3n) is 3.41. The van der Waals surface area contributed by atoms with Gasteiger partial charge in [0.25, 0.3) is 11.6 Å². The van der Waals surface area contributed by atoms with Gasteiger partial charge in [-0.25, -0.2) is 0 Å². The standard InChI is InChI=1S/C14H16Cl2N2O3/c1-2-5-17(8-9-3-4-9)14(19)10-6-11(15)13(16)12(7-10)18(20)21/h6-7,9H,2-5,8H2,1H3. The number of rotatable bonds is 6. The number of benzene rings is 1. The van der Waals surface area contributed by atoms with E-state index in [2.05, 4.69) is 0 Å². The second-order valence-electron chi connectivity index (χ2n) is 5.24. The Morgan fingerprint density at radius 3 is 2.62 bits per heavy atom. The molecule has 1 aliphatic carbocycles. The molecule has 0 N–H and O–H groups in total. The molecule has 1 saturated carbocycles. The number of carbonyl (C=O) groups is 1. The summed E-state index contributed by atoms with van der Waals surface area (Å²) in [5.41, 5.74) is -0.124. The average Bonchev–Trinajstić information content (AvgIpc) is 3.24. The van der Waals surface area contributed by atoms with Crippen molar-refractivity contribution >= 4 is 34.8 Å². The monoisotopic (exact) mass is 330 g/mol. The van der Waals surface area contributed by atoms with Crippen molar-refractivity contribution in [1.29, 1.82) is 0 Å². The lowest BCUT2D eigenvalue weighted by atomic mass is 10.1. The van der Waals surface area contributed by atoms with Gasteiger partial charge in [0.2, 0.25) is 0 Å². The molecule has 21 heavy (non-hydrogen) atoms. The van der Waals surface area contributed by atoms with Crippen LogP contribution in [0.1, 0.15) is 36.5 Å². The summed E-state index contributed by atoms with van der Waals surface area (Å²) < 4.78 is 0. The van der Waals surface area contributed by atoms with Gasteiger partial charge in [-0.1, -0.05) is 30.1 Å². The van der Waals surface area contributed by atoms with Crippen LogP contribution in [-0.2, 0) is 0 Å². The third kappa shape index (κ3) is 3.86. The van der Waals surface area contributed by atoms with Crippen LogP contribution < -0.4 is 0 Å². The maximum atomic E-state index is 12.5. The van der Waals surface area contributed by atoms with Crippen LogP contribution in [0.3, 0.4) is 0 Å². The van der Waals surface area contributed by atoms with Crippen molar-refractivity contribution < 1.29 is 9.72 Å². The Morgan fingerprint density at radius 2 is 2.10 bits per heavy atom. The largest absolute Gasteiger partial charge is 0.338 e. The van der Waals surface area contributed by atoms with Crippen molar-refractivity contribution in [2.45, 2.75) is 26.2 Å². The smallest absolute Gasteiger partial charge is 0.290 e. The summed E-state index contributed by atoms with van der Waals surface area (Å²) in [6, 6.07) is 2.60. The summed E-state index contributed by atoms with van der Waals surface area (Å²) in [4.78, 5) is 24.6. The van der Waals surface area contributed by atoms with Crippen molar-refractivity contribution in [3.63, 3.8) is 0 Å². The first kappa shape index (κ1) is 16.0. The first-order valence-corrected chi connectivity index (χ1v) is 7.62. The van der Waals surface area contributed by atoms with Crippen molar-refractivity contribution in [2.24, 2.45) is 5.92 Å². The van der Waals surface area contributed by atoms with Crippen LogP contribution in [0.5, 0.6) is 0 Å². The summed E-state index contributed by atoms with van der Waals surface area (Å²) in [6.07, 6.45) is 3.10. The molecule has 1 amide bonds. The van der Waals surface area contributed by atoms with Crippen molar-refractivity contribution in [1.82, 2.24) is 4.90 Å². The molecule has 5 nitrogen and oxygen atoms in total. The minimum absolute atomic E-state index is 0.0251. The fourth-order valence-electron chi connectivity index (χ4n) is 2.17. The van der Waals surface area contributed by atoms with Gasteiger partial charge >= 0.3 is 0 Å². The lowest BCUT2D eigenvalue weighted by molar-refractivity contribution is -0.384. The Balaban J connectivity index is 2.29. The summed E-state index contributed by atoms with van der Waals surface area (Å²) >= 11 is 11.7. The maximum Gasteiger partial charge on any atom is 0.290 e. The number of nitrogens with zero attached hydrogens (tertiary/aromatic N) is 2. The molecule has 0 aliphatic heterocycles. The lowest BCUT2D eigenvalue weighted by Gasteiger charge is -2.22. The Labute approximate surface area is 133 Å². The molecule has 0 saturated heterocycles. The van der Waals surface area contributed by atoms with Crippen LogP contribution in [0.25, 0.3) is 0 Å². The van der Waals surface area contributed by atoms with Gasteiger partial charge in [0, 0.05) is 24.7 Å². The van der Waals surface area contributed by atoms with Crippen LogP contribution in [0.2, 0.25) is 10.0 Å². The molecule has 1 aromatic carbocycles. The molecule has 7 heteroatoms. The molecule has 0 atom stereocenters. The SMILES string of the molecule is CCCN(CC1CC1)C(=O)c1cc(Cl)c(Cl)c([N+](=O)[O-])c1. The fourth-order valence-corrected chi connectivity index (χ4v) is 2.56. The molecular formula is C14H16Cl2N2O3. The van der Waals surface area contributed by atoms with Crippen LogP contribution in [-0.4, -0.2) is 28.8 Å². The van der Waals surface area contributed by atoms with E-state index in [1.807, 2.05) is 6.92 Å². The van der Waals surface area contributed by atoms with E-state index in [4.69, 9.17) is 23.2 Å². The van der Waals surface area contributed by atoms with Crippen LogP contribution in [0.15, 0.2) is 12.1 Å². The van der Waals surface area contributed by atoms with Gasteiger partial charge in [0.1, 0.15) is 5.02 Å². The second-order valence-corrected chi connectivity index (χ2v) is 6.03. The highest BCUT2D eigenvalue weighted by molar-refractivity contribution is 6.43. The minimum atomic E-state index is -0.629. The topological polar surface area (TPSA) is 63.5 Å². The molecule has 0 aromatic heterocycles. The summed E-state index contributed by atoms with van der Waals surface area (Å²) in [5, 5.41) is 10.9. The molecule has 1 aromatic rings. The second kappa shape index (κ2) is 6.62. The van der Waals surface area contributed by atoms with E-state index in [1.165, 1.54) is 12.1 Å². The number of amides is 1. The van der Waals surface area contributed by atoms with Crippen molar-refractivity contribution in [2.75, 3.05) is 13.1 Å². The molecule has 0 radical (unpaired) electrons. The van der Waals surface area contributed by atoms with Gasteiger partial charge in [-0.3, -0.25) is 14.9 Å². The lowest BCUT2D eigenvalue weighted by Crippen LogP contribution is -2.33. The molecule has 114 valence electrons. The maximum absolute atomic E-state index is 12.5. The van der Waals surface area contributed by atoms with Gasteiger partial charge < -0.3 is 4.90 Å². The number of halogens is 2. The Kier molecular flexibility index (Phi) is 5.06. The van der Waals surface area contributed by atoms with Crippen LogP contribution in [0.4, 0.5) is 5.69 Å². The average molecular weight is 331 g/mol. The molecule has 0 heterocycles. The van der Waals surface area contributed by atoms with E-state index < -0.39 is 4.92 Å². The summed E-state index contributed by atoms with van der Waals surface area (Å²) in [5.74, 6) is 0.323. The highest BCUT2D eigenvalue weighted by atomic mass is 35.5. The first-order valence-electron chi connectivity index (χ1n) is 6.86. The molecule has 1 fully saturated rings. The fraction of sp³-hybridized carbons (Fsp3) is 0.500. The molecule has 2 rings (SSSR count). The summed E-state index contributed by atoms with van der Waals surface area (Å²) in [6.45, 7) is 3.31. The number of hydrogen-bond donors (Lipinski definition) is 0. The quantitative estimate of drug-likeness (QED) is 0.581. The minimum Gasteiger partial charge on any atom is -0.338 e. The van der Waals surface area contributed by atoms with Gasteiger partial charge in [-0.2, -0.15) is 0 Å². The third-order valence-corrected chi connectivity index (χ3v) is 4.20. The molecule has 0 spiro atoms. The number of hydrogen-bond acceptors (Lipinski definition) is 3. The highest BCUT2D eigenvalue weighted by Gasteiger charge is 2.28. The van der Waals surface area contributed by atoms with Crippen LogP contribution in [0, 0.1) is 16.0 Å². The van der Waals surface area contributed by atoms with Gasteiger partial charge in [0.05, 0.1) is 9.95 Å². The Bertz CT molecular complexity index is 574. The zero-order valence-electron chi connectivity index (χ0n) is 11.6. The number of nitro groups is 1. The zero-order chi connectivity index (χ0) is 15.6. The van der Waals surface area contributed by atoms with E-state index >= 15 is 0 Å². The molecule has 0 bridgehead atoms. The number of nitro benzene ring substituents is 1. The molecular weight excluding hydrogens is 315 g/mol. The van der Waals surface area contributed by atoms with Crippen molar-refractivity contribution in [3.05, 3.63) is 37.9 Å². The normalized spacial score (nSPS) is 14.0. The Morgan fingerprint density at radius 1 is 1.43 bits per heavy atom. The van der Waals surface area contributed by atoms with E-state index in [0.29, 0.717) is 19.0 Å². The van der Waals surface area contributed by atoms with Crippen LogP contribution >= 0.6 is 23.2 Å². The summed E-state index contributed by atoms with van der Waals surface area (Å²) in [7, 11) is 0. The highest BCUT2D eigenvalue weighted by Crippen LogP contribution is 2.34. The predicted molar refractivity (Wildman–Crippen MR) is 82.0 cm³/mol. The van der Waals surface area contributed by atoms with E-state index in [-0.39, 0.29) is 27.2 Å². The van der Waals surface area contributed by atoms with E-state index in [9.17, 15) is 14.9 Å². The van der Waals surface area contributed by atoms with Gasteiger partial charge in [-0.15, -0.1) is 0 Å². The molecule has 0 unspecified atom stereocenters. The number of carbonyl (C=O) groups excluding carboxylic acids is 1. The zero-order valence-corrected chi connectivity index (χ0v) is 13.2.